The predicted octanol–water partition coefficient (Wildman–Crippen LogP) is -1.41. The molecule has 1 unspecified atom stereocenters. The second-order valence-electron chi connectivity index (χ2n) is 2.31. The number of aliphatic hydroxyl groups excluding tert-OH is 4. The molecule has 0 saturated carbocycles. The monoisotopic (exact) mass is 178 g/mol. The average Bonchev–Trinajstić information content (AvgIpc) is 2.32. The van der Waals surface area contributed by atoms with E-state index in [1.807, 2.05) is 0 Å². The minimum Gasteiger partial charge on any atom is -0.505 e. The first-order valence-electron chi connectivity index (χ1n) is 3.20. The summed E-state index contributed by atoms with van der Waals surface area (Å²) in [4.78, 5) is 10.5. The number of carbonyl (C=O) groups excluding carboxylic acids is 1. The van der Waals surface area contributed by atoms with Crippen molar-refractivity contribution in [1.82, 2.24) is 0 Å². The van der Waals surface area contributed by atoms with Crippen molar-refractivity contribution in [3.05, 3.63) is 11.5 Å². The normalized spacial score (nSPS) is 25.8. The fourth-order valence-electron chi connectivity index (χ4n) is 0.823. The summed E-state index contributed by atoms with van der Waals surface area (Å²) in [6.45, 7) is -0.671. The molecule has 1 rings (SSSR count). The predicted molar refractivity (Wildman–Crippen MR) is 35.3 cm³/mol. The van der Waals surface area contributed by atoms with Gasteiger partial charge in [0.2, 0.25) is 5.76 Å². The number of cyclic esters (lactones) is 1. The number of hydrogen-bond donors (Lipinski definition) is 4. The van der Waals surface area contributed by atoms with Crippen LogP contribution >= 0.6 is 0 Å². The van der Waals surface area contributed by atoms with Crippen LogP contribution in [0.4, 0.5) is 0 Å². The third-order valence-electron chi connectivity index (χ3n) is 1.48. The van der Waals surface area contributed by atoms with Gasteiger partial charge in [0.1, 0.15) is 6.10 Å². The van der Waals surface area contributed by atoms with E-state index in [2.05, 4.69) is 4.74 Å². The van der Waals surface area contributed by atoms with Crippen LogP contribution in [0, 0.1) is 0 Å². The van der Waals surface area contributed by atoms with E-state index in [1.165, 1.54) is 0 Å². The molecule has 0 aromatic heterocycles. The van der Waals surface area contributed by atoms with Crippen molar-refractivity contribution in [2.24, 2.45) is 0 Å². The Morgan fingerprint density at radius 3 is 2.42 bits per heavy atom. The highest BCUT2D eigenvalue weighted by Gasteiger charge is 2.38. The molecular formula is C6H8O6. The van der Waals surface area contributed by atoms with Crippen molar-refractivity contribution in [2.75, 3.05) is 6.61 Å². The van der Waals surface area contributed by atoms with E-state index in [4.69, 9.17) is 20.4 Å². The summed E-state index contributed by atoms with van der Waals surface area (Å²) >= 11 is 0. The molecule has 0 aromatic rings. The molecule has 0 radical (unpaired) electrons. The lowest BCUT2D eigenvalue weighted by Crippen LogP contribution is -2.31. The van der Waals surface area contributed by atoms with Gasteiger partial charge in [-0.05, 0) is 0 Å². The van der Waals surface area contributed by atoms with Crippen LogP contribution in [0.1, 0.15) is 0 Å². The lowest BCUT2D eigenvalue weighted by Gasteiger charge is -2.13. The van der Waals surface area contributed by atoms with Gasteiger partial charge in [-0.25, -0.2) is 4.79 Å². The Morgan fingerprint density at radius 2 is 2.08 bits per heavy atom. The molecule has 1 aliphatic heterocycles. The van der Waals surface area contributed by atoms with Gasteiger partial charge < -0.3 is 25.2 Å². The zero-order valence-corrected chi connectivity index (χ0v) is 5.97. The molecule has 0 spiro atoms. The molecule has 1 aliphatic rings. The quantitative estimate of drug-likeness (QED) is 0.306. The second-order valence-corrected chi connectivity index (χ2v) is 2.31. The van der Waals surface area contributed by atoms with Crippen LogP contribution in [0.3, 0.4) is 0 Å². The molecule has 12 heavy (non-hydrogen) atoms. The molecule has 2 atom stereocenters. The third kappa shape index (κ3) is 1.21. The summed E-state index contributed by atoms with van der Waals surface area (Å²) in [6, 6.07) is 0. The summed E-state index contributed by atoms with van der Waals surface area (Å²) in [5.41, 5.74) is 0. The highest BCUT2D eigenvalue weighted by atomic mass is 16.7. The molecule has 0 fully saturated rings. The number of carbonyl (C=O) groups is 1. The first kappa shape index (κ1) is 8.82. The van der Waals surface area contributed by atoms with Gasteiger partial charge in [-0.15, -0.1) is 0 Å². The maximum atomic E-state index is 10.5. The zero-order chi connectivity index (χ0) is 9.30. The van der Waals surface area contributed by atoms with Crippen molar-refractivity contribution >= 4 is 5.97 Å². The molecule has 6 heteroatoms. The fourth-order valence-corrected chi connectivity index (χ4v) is 0.823. The fraction of sp³-hybridized carbons (Fsp3) is 0.500. The van der Waals surface area contributed by atoms with Crippen molar-refractivity contribution in [1.29, 1.82) is 0 Å². The number of rotatable bonds is 2. The molecule has 4 N–H and O–H groups in total. The Balaban J connectivity index is 2.80. The van der Waals surface area contributed by atoms with Gasteiger partial charge >= 0.3 is 5.97 Å². The Morgan fingerprint density at radius 1 is 1.50 bits per heavy atom. The van der Waals surface area contributed by atoms with E-state index >= 15 is 0 Å². The van der Waals surface area contributed by atoms with Crippen LogP contribution in [0.5, 0.6) is 0 Å². The molecular weight excluding hydrogens is 170 g/mol. The largest absolute Gasteiger partial charge is 0.505 e. The molecule has 0 amide bonds. The van der Waals surface area contributed by atoms with Crippen LogP contribution in [0.15, 0.2) is 11.5 Å². The van der Waals surface area contributed by atoms with Gasteiger partial charge in [-0.3, -0.25) is 0 Å². The Labute approximate surface area is 67.3 Å². The van der Waals surface area contributed by atoms with Crippen LogP contribution < -0.4 is 0 Å². The molecule has 1 heterocycles. The highest BCUT2D eigenvalue weighted by Crippen LogP contribution is 2.20. The second kappa shape index (κ2) is 3.00. The maximum absolute atomic E-state index is 10.5. The summed E-state index contributed by atoms with van der Waals surface area (Å²) in [5.74, 6) is -2.78. The molecule has 0 bridgehead atoms. The average molecular weight is 178 g/mol. The first-order valence-corrected chi connectivity index (χ1v) is 3.20. The topological polar surface area (TPSA) is 107 Å². The molecule has 0 aliphatic carbocycles. The molecule has 0 saturated heterocycles. The Kier molecular flexibility index (Phi) is 2.20. The lowest BCUT2D eigenvalue weighted by molar-refractivity contribution is -0.147. The van der Waals surface area contributed by atoms with Crippen molar-refractivity contribution < 1.29 is 30.0 Å². The summed E-state index contributed by atoms with van der Waals surface area (Å²) < 4.78 is 4.32. The Hall–Kier alpha value is -1.27. The third-order valence-corrected chi connectivity index (χ3v) is 1.48. The van der Waals surface area contributed by atoms with Crippen LogP contribution in [0.25, 0.3) is 0 Å². The smallest absolute Gasteiger partial charge is 0.377 e. The maximum Gasteiger partial charge on any atom is 0.377 e. The Bertz CT molecular complexity index is 232. The zero-order valence-electron chi connectivity index (χ0n) is 5.97. The molecule has 0 aromatic carbocycles. The minimum atomic E-state index is -1.42. The lowest BCUT2D eigenvalue weighted by atomic mass is 10.2. The van der Waals surface area contributed by atoms with Crippen LogP contribution in [0.2, 0.25) is 0 Å². The number of aliphatic hydroxyl groups is 4. The van der Waals surface area contributed by atoms with Gasteiger partial charge in [0.25, 0.3) is 0 Å². The van der Waals surface area contributed by atoms with Gasteiger partial charge in [-0.1, -0.05) is 0 Å². The summed E-state index contributed by atoms with van der Waals surface area (Å²) in [5, 5.41) is 35.0. The van der Waals surface area contributed by atoms with Gasteiger partial charge in [0.05, 0.1) is 6.61 Å². The van der Waals surface area contributed by atoms with E-state index in [-0.39, 0.29) is 0 Å². The number of ether oxygens (including phenoxy) is 1. The van der Waals surface area contributed by atoms with E-state index in [1.54, 1.807) is 0 Å². The number of hydrogen-bond acceptors (Lipinski definition) is 6. The molecule has 6 nitrogen and oxygen atoms in total. The highest BCUT2D eigenvalue weighted by molar-refractivity contribution is 5.89. The van der Waals surface area contributed by atoms with Crippen LogP contribution in [-0.2, 0) is 9.53 Å². The molecule has 68 valence electrons. The van der Waals surface area contributed by atoms with Gasteiger partial charge in [0, 0.05) is 0 Å². The van der Waals surface area contributed by atoms with Crippen molar-refractivity contribution in [2.45, 2.75) is 12.2 Å². The van der Waals surface area contributed by atoms with Gasteiger partial charge in [-0.2, -0.15) is 0 Å². The van der Waals surface area contributed by atoms with E-state index in [0.29, 0.717) is 0 Å². The van der Waals surface area contributed by atoms with Crippen molar-refractivity contribution in [3.8, 4) is 0 Å². The number of esters is 1. The van der Waals surface area contributed by atoms with Crippen molar-refractivity contribution in [3.63, 3.8) is 0 Å². The van der Waals surface area contributed by atoms with Gasteiger partial charge in [0.15, 0.2) is 11.9 Å². The van der Waals surface area contributed by atoms with E-state index < -0.39 is 36.3 Å². The first-order chi connectivity index (χ1) is 5.57. The standard InChI is InChI=1S/C6H8O6/c7-1-2(8)5-3(9)4(10)6(11)12-5/h2,5,7-10H,1H2/t2?,5-/m1/s1/i4+1,6+1. The van der Waals surface area contributed by atoms with Crippen LogP contribution in [-0.4, -0.2) is 45.2 Å². The van der Waals surface area contributed by atoms with E-state index in [0.717, 1.165) is 0 Å². The summed E-state index contributed by atoms with van der Waals surface area (Å²) in [6.07, 6.45) is -2.78. The summed E-state index contributed by atoms with van der Waals surface area (Å²) in [7, 11) is 0. The minimum absolute atomic E-state index is 0.671. The van der Waals surface area contributed by atoms with E-state index in [9.17, 15) is 4.79 Å². The SMILES string of the molecule is O=[13C]1O[C@H](C(O)CO)C(O)=[13C]1O.